The largest absolute Gasteiger partial charge is 0.399 e. The van der Waals surface area contributed by atoms with Crippen LogP contribution in [-0.4, -0.2) is 22.6 Å². The number of hydrogen-bond donors (Lipinski definition) is 2. The highest BCUT2D eigenvalue weighted by atomic mass is 16.3. The zero-order chi connectivity index (χ0) is 11.1. The number of benzene rings is 1. The minimum absolute atomic E-state index is 0.308. The van der Waals surface area contributed by atoms with Crippen LogP contribution in [0.2, 0.25) is 0 Å². The first-order chi connectivity index (χ1) is 7.75. The Bertz CT molecular complexity index is 405. The molecule has 2 heterocycles. The SMILES string of the molecule is Nc1ccc2c(c1)C(O)C1CCCCN1C2. The Kier molecular flexibility index (Phi) is 2.37. The van der Waals surface area contributed by atoms with Crippen molar-refractivity contribution in [2.24, 2.45) is 0 Å². The first-order valence-electron chi connectivity index (χ1n) is 6.06. The second-order valence-electron chi connectivity index (χ2n) is 4.94. The Labute approximate surface area is 95.9 Å². The second-order valence-corrected chi connectivity index (χ2v) is 4.94. The van der Waals surface area contributed by atoms with Crippen LogP contribution in [0.4, 0.5) is 5.69 Å². The number of hydrogen-bond acceptors (Lipinski definition) is 3. The maximum Gasteiger partial charge on any atom is 0.0949 e. The maximum atomic E-state index is 10.4. The van der Waals surface area contributed by atoms with Crippen molar-refractivity contribution in [2.45, 2.75) is 38.0 Å². The van der Waals surface area contributed by atoms with Gasteiger partial charge in [-0.2, -0.15) is 0 Å². The molecule has 16 heavy (non-hydrogen) atoms. The average molecular weight is 218 g/mol. The third-order valence-corrected chi connectivity index (χ3v) is 3.89. The number of aliphatic hydroxyl groups is 1. The number of nitrogen functional groups attached to an aromatic ring is 1. The molecule has 2 aliphatic heterocycles. The van der Waals surface area contributed by atoms with E-state index in [0.29, 0.717) is 6.04 Å². The second kappa shape index (κ2) is 3.75. The van der Waals surface area contributed by atoms with Crippen molar-refractivity contribution in [3.8, 4) is 0 Å². The summed E-state index contributed by atoms with van der Waals surface area (Å²) in [4.78, 5) is 2.41. The van der Waals surface area contributed by atoms with E-state index in [4.69, 9.17) is 5.73 Å². The van der Waals surface area contributed by atoms with Crippen molar-refractivity contribution in [2.75, 3.05) is 12.3 Å². The number of aliphatic hydroxyl groups excluding tert-OH is 1. The van der Waals surface area contributed by atoms with Crippen LogP contribution in [0.3, 0.4) is 0 Å². The first kappa shape index (κ1) is 10.1. The summed E-state index contributed by atoms with van der Waals surface area (Å²) >= 11 is 0. The van der Waals surface area contributed by atoms with Gasteiger partial charge in [-0.1, -0.05) is 12.5 Å². The summed E-state index contributed by atoms with van der Waals surface area (Å²) in [6, 6.07) is 6.23. The van der Waals surface area contributed by atoms with Gasteiger partial charge in [-0.15, -0.1) is 0 Å². The molecule has 0 radical (unpaired) electrons. The standard InChI is InChI=1S/C13H18N2O/c14-10-5-4-9-8-15-6-2-1-3-12(15)13(16)11(9)7-10/h4-5,7,12-13,16H,1-3,6,8,14H2. The molecule has 1 aromatic rings. The van der Waals surface area contributed by atoms with E-state index in [1.165, 1.54) is 18.4 Å². The highest BCUT2D eigenvalue weighted by Crippen LogP contribution is 2.37. The van der Waals surface area contributed by atoms with Crippen LogP contribution < -0.4 is 5.73 Å². The molecule has 1 saturated heterocycles. The van der Waals surface area contributed by atoms with E-state index in [9.17, 15) is 5.11 Å². The fourth-order valence-corrected chi connectivity index (χ4v) is 3.03. The molecular weight excluding hydrogens is 200 g/mol. The molecule has 1 aromatic carbocycles. The molecule has 3 N–H and O–H groups in total. The zero-order valence-corrected chi connectivity index (χ0v) is 9.39. The highest BCUT2D eigenvalue weighted by Gasteiger charge is 2.35. The minimum Gasteiger partial charge on any atom is -0.399 e. The van der Waals surface area contributed by atoms with E-state index >= 15 is 0 Å². The van der Waals surface area contributed by atoms with Gasteiger partial charge in [-0.25, -0.2) is 0 Å². The molecule has 0 amide bonds. The highest BCUT2D eigenvalue weighted by molar-refractivity contribution is 5.47. The predicted octanol–water partition coefficient (Wildman–Crippen LogP) is 1.67. The molecule has 0 aliphatic carbocycles. The molecule has 2 aliphatic rings. The van der Waals surface area contributed by atoms with Gasteiger partial charge in [-0.05, 0) is 42.6 Å². The number of nitrogens with two attached hydrogens (primary N) is 1. The van der Waals surface area contributed by atoms with E-state index in [-0.39, 0.29) is 6.10 Å². The van der Waals surface area contributed by atoms with Gasteiger partial charge in [0.2, 0.25) is 0 Å². The summed E-state index contributed by atoms with van der Waals surface area (Å²) in [5.74, 6) is 0. The quantitative estimate of drug-likeness (QED) is 0.651. The van der Waals surface area contributed by atoms with Crippen molar-refractivity contribution in [1.29, 1.82) is 0 Å². The van der Waals surface area contributed by atoms with Crippen molar-refractivity contribution in [3.05, 3.63) is 29.3 Å². The molecule has 2 atom stereocenters. The molecule has 86 valence electrons. The normalized spacial score (nSPS) is 29.6. The van der Waals surface area contributed by atoms with Crippen LogP contribution >= 0.6 is 0 Å². The van der Waals surface area contributed by atoms with Gasteiger partial charge in [0, 0.05) is 18.3 Å². The third-order valence-electron chi connectivity index (χ3n) is 3.89. The Balaban J connectivity index is 2.00. The number of fused-ring (bicyclic) bond motifs is 2. The summed E-state index contributed by atoms with van der Waals surface area (Å²) in [6.07, 6.45) is 3.24. The number of nitrogens with zero attached hydrogens (tertiary/aromatic N) is 1. The fourth-order valence-electron chi connectivity index (χ4n) is 3.03. The van der Waals surface area contributed by atoms with Crippen molar-refractivity contribution >= 4 is 5.69 Å². The van der Waals surface area contributed by atoms with Gasteiger partial charge in [0.1, 0.15) is 0 Å². The predicted molar refractivity (Wildman–Crippen MR) is 63.9 cm³/mol. The lowest BCUT2D eigenvalue weighted by molar-refractivity contribution is 0.00607. The van der Waals surface area contributed by atoms with Crippen LogP contribution in [0, 0.1) is 0 Å². The molecule has 3 heteroatoms. The summed E-state index contributed by atoms with van der Waals surface area (Å²) in [5, 5.41) is 10.4. The Morgan fingerprint density at radius 2 is 2.19 bits per heavy atom. The zero-order valence-electron chi connectivity index (χ0n) is 9.39. The molecule has 1 fully saturated rings. The summed E-state index contributed by atoms with van der Waals surface area (Å²) in [7, 11) is 0. The Morgan fingerprint density at radius 3 is 3.06 bits per heavy atom. The van der Waals surface area contributed by atoms with Gasteiger partial charge in [0.25, 0.3) is 0 Å². The first-order valence-corrected chi connectivity index (χ1v) is 6.06. The maximum absolute atomic E-state index is 10.4. The van der Waals surface area contributed by atoms with Crippen LogP contribution in [0.1, 0.15) is 36.5 Å². The van der Waals surface area contributed by atoms with Crippen LogP contribution in [-0.2, 0) is 6.54 Å². The van der Waals surface area contributed by atoms with Gasteiger partial charge in [0.15, 0.2) is 0 Å². The summed E-state index contributed by atoms with van der Waals surface area (Å²) in [5.41, 5.74) is 8.82. The number of rotatable bonds is 0. The Hall–Kier alpha value is -1.06. The van der Waals surface area contributed by atoms with Crippen molar-refractivity contribution < 1.29 is 5.11 Å². The van der Waals surface area contributed by atoms with Gasteiger partial charge in [0.05, 0.1) is 6.10 Å². The van der Waals surface area contributed by atoms with E-state index < -0.39 is 0 Å². The fraction of sp³-hybridized carbons (Fsp3) is 0.538. The minimum atomic E-state index is -0.354. The summed E-state index contributed by atoms with van der Waals surface area (Å²) in [6.45, 7) is 2.09. The third kappa shape index (κ3) is 1.51. The van der Waals surface area contributed by atoms with Gasteiger partial charge >= 0.3 is 0 Å². The van der Waals surface area contributed by atoms with Gasteiger partial charge < -0.3 is 10.8 Å². The molecule has 0 saturated carbocycles. The van der Waals surface area contributed by atoms with E-state index in [1.54, 1.807) is 0 Å². The van der Waals surface area contributed by atoms with Crippen LogP contribution in [0.5, 0.6) is 0 Å². The average Bonchev–Trinajstić information content (AvgIpc) is 2.31. The van der Waals surface area contributed by atoms with E-state index in [1.807, 2.05) is 12.1 Å². The monoisotopic (exact) mass is 218 g/mol. The lowest BCUT2D eigenvalue weighted by Gasteiger charge is -2.43. The number of piperidine rings is 1. The van der Waals surface area contributed by atoms with Crippen molar-refractivity contribution in [3.63, 3.8) is 0 Å². The lowest BCUT2D eigenvalue weighted by Crippen LogP contribution is -2.46. The topological polar surface area (TPSA) is 49.5 Å². The van der Waals surface area contributed by atoms with Gasteiger partial charge in [-0.3, -0.25) is 4.90 Å². The molecular formula is C13H18N2O. The molecule has 0 bridgehead atoms. The molecule has 0 aromatic heterocycles. The van der Waals surface area contributed by atoms with E-state index in [2.05, 4.69) is 11.0 Å². The van der Waals surface area contributed by atoms with E-state index in [0.717, 1.165) is 30.8 Å². The lowest BCUT2D eigenvalue weighted by atomic mass is 9.86. The Morgan fingerprint density at radius 1 is 1.31 bits per heavy atom. The molecule has 3 rings (SSSR count). The summed E-state index contributed by atoms with van der Waals surface area (Å²) < 4.78 is 0. The van der Waals surface area contributed by atoms with Crippen molar-refractivity contribution in [1.82, 2.24) is 4.90 Å². The van der Waals surface area contributed by atoms with Crippen LogP contribution in [0.25, 0.3) is 0 Å². The smallest absolute Gasteiger partial charge is 0.0949 e. The van der Waals surface area contributed by atoms with Crippen LogP contribution in [0.15, 0.2) is 18.2 Å². The molecule has 2 unspecified atom stereocenters. The molecule has 0 spiro atoms. The molecule has 3 nitrogen and oxygen atoms in total. The number of anilines is 1.